The van der Waals surface area contributed by atoms with E-state index < -0.39 is 0 Å². The maximum atomic E-state index is 11.9. The van der Waals surface area contributed by atoms with Gasteiger partial charge in [0.05, 0.1) is 23.6 Å². The second-order valence-corrected chi connectivity index (χ2v) is 5.38. The van der Waals surface area contributed by atoms with Crippen molar-refractivity contribution < 1.29 is 4.79 Å². The van der Waals surface area contributed by atoms with Gasteiger partial charge in [-0.3, -0.25) is 4.79 Å². The lowest BCUT2D eigenvalue weighted by atomic mass is 10.2. The first-order valence-corrected chi connectivity index (χ1v) is 7.51. The summed E-state index contributed by atoms with van der Waals surface area (Å²) in [6, 6.07) is 15.8. The van der Waals surface area contributed by atoms with Crippen molar-refractivity contribution in [3.8, 4) is 0 Å². The molecule has 0 atom stereocenters. The normalized spacial score (nSPS) is 11.2. The Balaban J connectivity index is 1.52. The van der Waals surface area contributed by atoms with Gasteiger partial charge in [-0.1, -0.05) is 42.0 Å². The highest BCUT2D eigenvalue weighted by Gasteiger charge is 2.04. The Bertz CT molecular complexity index is 834. The van der Waals surface area contributed by atoms with Crippen LogP contribution < -0.4 is 5.43 Å². The van der Waals surface area contributed by atoms with Gasteiger partial charge in [-0.15, -0.1) is 0 Å². The number of amides is 1. The molecule has 0 fully saturated rings. The van der Waals surface area contributed by atoms with Gasteiger partial charge in [-0.2, -0.15) is 5.10 Å². The third-order valence-electron chi connectivity index (χ3n) is 3.59. The van der Waals surface area contributed by atoms with Crippen molar-refractivity contribution in [1.29, 1.82) is 0 Å². The molecule has 0 aliphatic rings. The third kappa shape index (κ3) is 3.83. The molecule has 3 rings (SSSR count). The molecule has 1 amide bonds. The molecule has 23 heavy (non-hydrogen) atoms. The van der Waals surface area contributed by atoms with Crippen LogP contribution >= 0.6 is 0 Å². The van der Waals surface area contributed by atoms with Crippen LogP contribution in [-0.4, -0.2) is 21.7 Å². The van der Waals surface area contributed by atoms with Gasteiger partial charge in [0.2, 0.25) is 5.91 Å². The summed E-state index contributed by atoms with van der Waals surface area (Å²) in [6.45, 7) is 2.61. The Morgan fingerprint density at radius 3 is 2.83 bits per heavy atom. The number of hydrogen-bond acceptors (Lipinski definition) is 3. The molecule has 1 N–H and O–H groups in total. The Morgan fingerprint density at radius 2 is 2.00 bits per heavy atom. The predicted octanol–water partition coefficient (Wildman–Crippen LogP) is 2.89. The smallest absolute Gasteiger partial charge is 0.241 e. The van der Waals surface area contributed by atoms with E-state index in [2.05, 4.69) is 15.5 Å². The summed E-state index contributed by atoms with van der Waals surface area (Å²) in [4.78, 5) is 16.2. The molecule has 2 aromatic carbocycles. The van der Waals surface area contributed by atoms with E-state index >= 15 is 0 Å². The van der Waals surface area contributed by atoms with Gasteiger partial charge < -0.3 is 4.57 Å². The number of carbonyl (C=O) groups is 1. The molecule has 0 aliphatic carbocycles. The summed E-state index contributed by atoms with van der Waals surface area (Å²) < 4.78 is 1.97. The minimum atomic E-state index is -0.119. The first kappa shape index (κ1) is 15.0. The van der Waals surface area contributed by atoms with E-state index in [1.54, 1.807) is 12.5 Å². The Hall–Kier alpha value is -2.95. The molecule has 0 spiro atoms. The van der Waals surface area contributed by atoms with Gasteiger partial charge in [-0.05, 0) is 24.6 Å². The highest BCUT2D eigenvalue weighted by atomic mass is 16.2. The molecule has 5 heteroatoms. The second kappa shape index (κ2) is 6.87. The van der Waals surface area contributed by atoms with Crippen molar-refractivity contribution in [1.82, 2.24) is 15.0 Å². The van der Waals surface area contributed by atoms with Gasteiger partial charge in [0, 0.05) is 13.0 Å². The highest BCUT2D eigenvalue weighted by Crippen LogP contribution is 2.11. The largest absolute Gasteiger partial charge is 0.330 e. The number of hydrogen-bond donors (Lipinski definition) is 1. The maximum absolute atomic E-state index is 11.9. The van der Waals surface area contributed by atoms with Crippen LogP contribution in [0.25, 0.3) is 11.0 Å². The number of para-hydroxylation sites is 2. The number of nitrogens with one attached hydrogen (secondary N) is 1. The van der Waals surface area contributed by atoms with Crippen molar-refractivity contribution in [2.75, 3.05) is 0 Å². The van der Waals surface area contributed by atoms with E-state index in [0.717, 1.165) is 16.6 Å². The maximum Gasteiger partial charge on any atom is 0.241 e. The first-order valence-electron chi connectivity index (χ1n) is 7.51. The number of hydrazone groups is 1. The number of benzene rings is 2. The van der Waals surface area contributed by atoms with Gasteiger partial charge >= 0.3 is 0 Å². The molecule has 5 nitrogen and oxygen atoms in total. The number of rotatable bonds is 5. The molecule has 0 saturated carbocycles. The van der Waals surface area contributed by atoms with E-state index in [-0.39, 0.29) is 5.91 Å². The van der Waals surface area contributed by atoms with Crippen molar-refractivity contribution >= 4 is 23.2 Å². The van der Waals surface area contributed by atoms with Crippen molar-refractivity contribution in [2.45, 2.75) is 19.9 Å². The molecular formula is C18H18N4O. The predicted molar refractivity (Wildman–Crippen MR) is 91.3 cm³/mol. The second-order valence-electron chi connectivity index (χ2n) is 5.38. The summed E-state index contributed by atoms with van der Waals surface area (Å²) in [5.74, 6) is -0.119. The van der Waals surface area contributed by atoms with Gasteiger partial charge in [0.15, 0.2) is 0 Å². The van der Waals surface area contributed by atoms with E-state index in [0.29, 0.717) is 13.0 Å². The first-order chi connectivity index (χ1) is 11.2. The van der Waals surface area contributed by atoms with Gasteiger partial charge in [0.25, 0.3) is 0 Å². The lowest BCUT2D eigenvalue weighted by Gasteiger charge is -2.03. The van der Waals surface area contributed by atoms with E-state index in [4.69, 9.17) is 0 Å². The Morgan fingerprint density at radius 1 is 1.22 bits per heavy atom. The number of nitrogens with zero attached hydrogens (tertiary/aromatic N) is 3. The third-order valence-corrected chi connectivity index (χ3v) is 3.59. The van der Waals surface area contributed by atoms with Crippen LogP contribution in [0.2, 0.25) is 0 Å². The summed E-state index contributed by atoms with van der Waals surface area (Å²) in [5.41, 5.74) is 6.67. The number of aryl methyl sites for hydroxylation is 2. The SMILES string of the molecule is Cc1ccc(/C=N\NC(=O)CCn2cnc3ccccc32)cc1. The van der Waals surface area contributed by atoms with Gasteiger partial charge in [0.1, 0.15) is 0 Å². The summed E-state index contributed by atoms with van der Waals surface area (Å²) >= 11 is 0. The van der Waals surface area contributed by atoms with Crippen LogP contribution in [0, 0.1) is 6.92 Å². The zero-order valence-electron chi connectivity index (χ0n) is 12.9. The zero-order chi connectivity index (χ0) is 16.1. The molecular weight excluding hydrogens is 288 g/mol. The summed E-state index contributed by atoms with van der Waals surface area (Å²) in [5, 5.41) is 3.98. The minimum absolute atomic E-state index is 0.119. The molecule has 1 aromatic heterocycles. The minimum Gasteiger partial charge on any atom is -0.330 e. The fourth-order valence-corrected chi connectivity index (χ4v) is 2.30. The lowest BCUT2D eigenvalue weighted by Crippen LogP contribution is -2.19. The highest BCUT2D eigenvalue weighted by molar-refractivity contribution is 5.82. The molecule has 0 bridgehead atoms. The lowest BCUT2D eigenvalue weighted by molar-refractivity contribution is -0.121. The summed E-state index contributed by atoms with van der Waals surface area (Å²) in [7, 11) is 0. The van der Waals surface area contributed by atoms with Crippen LogP contribution in [0.5, 0.6) is 0 Å². The Labute approximate surface area is 134 Å². The molecule has 0 saturated heterocycles. The van der Waals surface area contributed by atoms with Crippen molar-refractivity contribution in [3.63, 3.8) is 0 Å². The average molecular weight is 306 g/mol. The van der Waals surface area contributed by atoms with Crippen LogP contribution in [0.15, 0.2) is 60.0 Å². The van der Waals surface area contributed by atoms with Crippen LogP contribution in [0.3, 0.4) is 0 Å². The average Bonchev–Trinajstić information content (AvgIpc) is 2.98. The monoisotopic (exact) mass is 306 g/mol. The number of aromatic nitrogens is 2. The van der Waals surface area contributed by atoms with Crippen molar-refractivity contribution in [3.05, 3.63) is 66.0 Å². The van der Waals surface area contributed by atoms with Gasteiger partial charge in [-0.25, -0.2) is 10.4 Å². The van der Waals surface area contributed by atoms with Crippen LogP contribution in [-0.2, 0) is 11.3 Å². The number of imidazole rings is 1. The number of carbonyl (C=O) groups excluding carboxylic acids is 1. The molecule has 116 valence electrons. The van der Waals surface area contributed by atoms with E-state index in [1.165, 1.54) is 5.56 Å². The molecule has 0 unspecified atom stereocenters. The topological polar surface area (TPSA) is 59.3 Å². The quantitative estimate of drug-likeness (QED) is 0.582. The van der Waals surface area contributed by atoms with Crippen LogP contribution in [0.4, 0.5) is 0 Å². The molecule has 3 aromatic rings. The van der Waals surface area contributed by atoms with Crippen LogP contribution in [0.1, 0.15) is 17.5 Å². The molecule has 0 radical (unpaired) electrons. The summed E-state index contributed by atoms with van der Waals surface area (Å²) in [6.07, 6.45) is 3.75. The zero-order valence-corrected chi connectivity index (χ0v) is 12.9. The Kier molecular flexibility index (Phi) is 4.47. The van der Waals surface area contributed by atoms with E-state index in [9.17, 15) is 4.79 Å². The van der Waals surface area contributed by atoms with E-state index in [1.807, 2.05) is 60.0 Å². The molecule has 1 heterocycles. The fraction of sp³-hybridized carbons (Fsp3) is 0.167. The number of fused-ring (bicyclic) bond motifs is 1. The van der Waals surface area contributed by atoms with Crippen molar-refractivity contribution in [2.24, 2.45) is 5.10 Å². The fourth-order valence-electron chi connectivity index (χ4n) is 2.30. The standard InChI is InChI=1S/C18H18N4O/c1-14-6-8-15(9-7-14)12-20-21-18(23)10-11-22-13-19-16-4-2-3-5-17(16)22/h2-9,12-13H,10-11H2,1H3,(H,21,23)/b20-12-. The molecule has 0 aliphatic heterocycles.